The lowest BCUT2D eigenvalue weighted by Crippen LogP contribution is -2.32. The number of aliphatic hydroxyl groups is 1. The molecule has 0 saturated carbocycles. The third-order valence-electron chi connectivity index (χ3n) is 2.20. The van der Waals surface area contributed by atoms with Crippen molar-refractivity contribution in [1.82, 2.24) is 10.0 Å². The Morgan fingerprint density at radius 1 is 1.26 bits per heavy atom. The van der Waals surface area contributed by atoms with Gasteiger partial charge in [-0.25, -0.2) is 13.1 Å². The van der Waals surface area contributed by atoms with Gasteiger partial charge >= 0.3 is 0 Å². The molecule has 19 heavy (non-hydrogen) atoms. The van der Waals surface area contributed by atoms with Crippen LogP contribution in [0, 0.1) is 0 Å². The molecule has 0 fully saturated rings. The SMILES string of the molecule is O=C(CCNS(=O)(=O)c1ccccc1Cl)NCCO. The number of halogens is 1. The number of aliphatic hydroxyl groups excluding tert-OH is 1. The van der Waals surface area contributed by atoms with E-state index in [1.165, 1.54) is 12.1 Å². The Morgan fingerprint density at radius 2 is 1.95 bits per heavy atom. The van der Waals surface area contributed by atoms with Crippen molar-refractivity contribution < 1.29 is 18.3 Å². The molecule has 1 aromatic rings. The molecule has 0 atom stereocenters. The Kier molecular flexibility index (Phi) is 6.23. The van der Waals surface area contributed by atoms with E-state index in [4.69, 9.17) is 16.7 Å². The van der Waals surface area contributed by atoms with Crippen LogP contribution in [0.4, 0.5) is 0 Å². The Labute approximate surface area is 116 Å². The van der Waals surface area contributed by atoms with E-state index in [9.17, 15) is 13.2 Å². The smallest absolute Gasteiger partial charge is 0.242 e. The summed E-state index contributed by atoms with van der Waals surface area (Å²) in [5.41, 5.74) is 0. The monoisotopic (exact) mass is 306 g/mol. The highest BCUT2D eigenvalue weighted by Gasteiger charge is 2.16. The first-order valence-electron chi connectivity index (χ1n) is 5.59. The molecule has 0 heterocycles. The summed E-state index contributed by atoms with van der Waals surface area (Å²) in [5.74, 6) is -0.337. The molecule has 0 spiro atoms. The summed E-state index contributed by atoms with van der Waals surface area (Å²) in [4.78, 5) is 11.2. The largest absolute Gasteiger partial charge is 0.395 e. The Balaban J connectivity index is 2.53. The summed E-state index contributed by atoms with van der Waals surface area (Å²) in [7, 11) is -3.72. The summed E-state index contributed by atoms with van der Waals surface area (Å²) in [5, 5.41) is 11.1. The van der Waals surface area contributed by atoms with Crippen LogP contribution in [0.25, 0.3) is 0 Å². The number of hydrogen-bond acceptors (Lipinski definition) is 4. The van der Waals surface area contributed by atoms with E-state index < -0.39 is 10.0 Å². The lowest BCUT2D eigenvalue weighted by atomic mass is 10.4. The maximum absolute atomic E-state index is 11.9. The van der Waals surface area contributed by atoms with E-state index in [0.29, 0.717) is 0 Å². The van der Waals surface area contributed by atoms with Crippen molar-refractivity contribution in [3.05, 3.63) is 29.3 Å². The first-order chi connectivity index (χ1) is 8.97. The first-order valence-corrected chi connectivity index (χ1v) is 7.45. The summed E-state index contributed by atoms with van der Waals surface area (Å²) < 4.78 is 26.1. The maximum Gasteiger partial charge on any atom is 0.242 e. The molecule has 0 aliphatic rings. The highest BCUT2D eigenvalue weighted by molar-refractivity contribution is 7.89. The second kappa shape index (κ2) is 7.44. The molecule has 3 N–H and O–H groups in total. The van der Waals surface area contributed by atoms with Crippen molar-refractivity contribution in [1.29, 1.82) is 0 Å². The standard InChI is InChI=1S/C11H15ClN2O4S/c12-9-3-1-2-4-10(9)19(17,18)14-6-5-11(16)13-7-8-15/h1-4,14-15H,5-8H2,(H,13,16). The number of benzene rings is 1. The molecule has 6 nitrogen and oxygen atoms in total. The molecular formula is C11H15ClN2O4S. The zero-order valence-corrected chi connectivity index (χ0v) is 11.7. The van der Waals surface area contributed by atoms with Gasteiger partial charge in [0.25, 0.3) is 0 Å². The molecule has 0 bridgehead atoms. The Bertz CT molecular complexity index is 533. The minimum atomic E-state index is -3.72. The van der Waals surface area contributed by atoms with Crippen molar-refractivity contribution in [3.8, 4) is 0 Å². The number of carbonyl (C=O) groups is 1. The van der Waals surface area contributed by atoms with E-state index in [1.807, 2.05) is 0 Å². The van der Waals surface area contributed by atoms with Gasteiger partial charge < -0.3 is 10.4 Å². The highest BCUT2D eigenvalue weighted by atomic mass is 35.5. The van der Waals surface area contributed by atoms with Gasteiger partial charge in [0, 0.05) is 19.5 Å². The average Bonchev–Trinajstić information content (AvgIpc) is 2.36. The van der Waals surface area contributed by atoms with E-state index in [-0.39, 0.29) is 41.9 Å². The normalized spacial score (nSPS) is 11.3. The number of sulfonamides is 1. The van der Waals surface area contributed by atoms with Crippen LogP contribution in [0.2, 0.25) is 5.02 Å². The topological polar surface area (TPSA) is 95.5 Å². The predicted octanol–water partition coefficient (Wildman–Crippen LogP) is 0.117. The van der Waals surface area contributed by atoms with Crippen molar-refractivity contribution in [2.45, 2.75) is 11.3 Å². The third-order valence-corrected chi connectivity index (χ3v) is 4.17. The maximum atomic E-state index is 11.9. The van der Waals surface area contributed by atoms with Crippen LogP contribution >= 0.6 is 11.6 Å². The quantitative estimate of drug-likeness (QED) is 0.666. The van der Waals surface area contributed by atoms with Gasteiger partial charge in [-0.15, -0.1) is 0 Å². The zero-order valence-electron chi connectivity index (χ0n) is 10.1. The number of hydrogen-bond donors (Lipinski definition) is 3. The van der Waals surface area contributed by atoms with Crippen molar-refractivity contribution in [2.24, 2.45) is 0 Å². The molecule has 0 aliphatic carbocycles. The number of rotatable bonds is 7. The Morgan fingerprint density at radius 3 is 2.58 bits per heavy atom. The van der Waals surface area contributed by atoms with Crippen LogP contribution in [0.15, 0.2) is 29.2 Å². The van der Waals surface area contributed by atoms with E-state index in [2.05, 4.69) is 10.0 Å². The van der Waals surface area contributed by atoms with Crippen LogP contribution in [-0.2, 0) is 14.8 Å². The van der Waals surface area contributed by atoms with Crippen molar-refractivity contribution in [3.63, 3.8) is 0 Å². The minimum Gasteiger partial charge on any atom is -0.395 e. The molecule has 0 unspecified atom stereocenters. The molecule has 106 valence electrons. The molecule has 0 radical (unpaired) electrons. The third kappa shape index (κ3) is 5.15. The van der Waals surface area contributed by atoms with E-state index >= 15 is 0 Å². The van der Waals surface area contributed by atoms with Gasteiger partial charge in [-0.3, -0.25) is 4.79 Å². The minimum absolute atomic E-state index is 0.0102. The lowest BCUT2D eigenvalue weighted by molar-refractivity contribution is -0.121. The molecule has 8 heteroatoms. The van der Waals surface area contributed by atoms with Crippen molar-refractivity contribution >= 4 is 27.5 Å². The molecular weight excluding hydrogens is 292 g/mol. The van der Waals surface area contributed by atoms with Gasteiger partial charge in [0.1, 0.15) is 4.90 Å². The highest BCUT2D eigenvalue weighted by Crippen LogP contribution is 2.19. The molecule has 0 saturated heterocycles. The Hall–Kier alpha value is -1.15. The molecule has 1 aromatic carbocycles. The number of nitrogens with one attached hydrogen (secondary N) is 2. The first kappa shape index (κ1) is 15.9. The van der Waals surface area contributed by atoms with Gasteiger partial charge in [-0.1, -0.05) is 23.7 Å². The molecule has 0 aliphatic heterocycles. The van der Waals surface area contributed by atoms with E-state index in [0.717, 1.165) is 0 Å². The summed E-state index contributed by atoms with van der Waals surface area (Å²) in [6.45, 7) is -0.0436. The van der Waals surface area contributed by atoms with Crippen LogP contribution in [0.1, 0.15) is 6.42 Å². The summed E-state index contributed by atoms with van der Waals surface area (Å²) in [6.07, 6.45) is -0.0102. The van der Waals surface area contributed by atoms with Gasteiger partial charge in [0.2, 0.25) is 15.9 Å². The predicted molar refractivity (Wildman–Crippen MR) is 71.4 cm³/mol. The van der Waals surface area contributed by atoms with Crippen LogP contribution in [0.5, 0.6) is 0 Å². The fraction of sp³-hybridized carbons (Fsp3) is 0.364. The number of amides is 1. The van der Waals surface area contributed by atoms with Crippen LogP contribution in [-0.4, -0.2) is 39.1 Å². The van der Waals surface area contributed by atoms with Crippen molar-refractivity contribution in [2.75, 3.05) is 19.7 Å². The fourth-order valence-electron chi connectivity index (χ4n) is 1.32. The number of carbonyl (C=O) groups excluding carboxylic acids is 1. The fourth-order valence-corrected chi connectivity index (χ4v) is 2.87. The van der Waals surface area contributed by atoms with Crippen LogP contribution < -0.4 is 10.0 Å². The van der Waals surface area contributed by atoms with E-state index in [1.54, 1.807) is 12.1 Å². The second-order valence-corrected chi connectivity index (χ2v) is 5.79. The zero-order chi connectivity index (χ0) is 14.3. The van der Waals surface area contributed by atoms with Gasteiger partial charge in [0.05, 0.1) is 11.6 Å². The summed E-state index contributed by atoms with van der Waals surface area (Å²) >= 11 is 5.79. The molecule has 0 aromatic heterocycles. The summed E-state index contributed by atoms with van der Waals surface area (Å²) in [6, 6.07) is 6.05. The second-order valence-electron chi connectivity index (χ2n) is 3.65. The average molecular weight is 307 g/mol. The lowest BCUT2D eigenvalue weighted by Gasteiger charge is -2.08. The van der Waals surface area contributed by atoms with Gasteiger partial charge in [-0.05, 0) is 12.1 Å². The van der Waals surface area contributed by atoms with Gasteiger partial charge in [-0.2, -0.15) is 0 Å². The molecule has 1 rings (SSSR count). The van der Waals surface area contributed by atoms with Crippen LogP contribution in [0.3, 0.4) is 0 Å². The molecule has 1 amide bonds. The van der Waals surface area contributed by atoms with Gasteiger partial charge in [0.15, 0.2) is 0 Å².